The molecule has 1 aromatic carbocycles. The van der Waals surface area contributed by atoms with Gasteiger partial charge < -0.3 is 4.90 Å². The zero-order valence-corrected chi connectivity index (χ0v) is 12.6. The number of hydrogen-bond donors (Lipinski definition) is 0. The zero-order valence-electron chi connectivity index (χ0n) is 12.6. The van der Waals surface area contributed by atoms with Gasteiger partial charge in [-0.1, -0.05) is 30.0 Å². The summed E-state index contributed by atoms with van der Waals surface area (Å²) in [6.45, 7) is 2.15. The minimum absolute atomic E-state index is 0.566. The van der Waals surface area contributed by atoms with Crippen LogP contribution in [0.1, 0.15) is 17.5 Å². The maximum atomic E-state index is 4.51. The van der Waals surface area contributed by atoms with Gasteiger partial charge >= 0.3 is 0 Å². The molecule has 4 nitrogen and oxygen atoms in total. The van der Waals surface area contributed by atoms with Crippen LogP contribution in [0, 0.1) is 11.8 Å². The van der Waals surface area contributed by atoms with E-state index in [2.05, 4.69) is 38.7 Å². The lowest BCUT2D eigenvalue weighted by atomic mass is 10.2. The summed E-state index contributed by atoms with van der Waals surface area (Å²) < 4.78 is 0. The number of aromatic nitrogens is 2. The molecular weight excluding hydrogens is 272 g/mol. The molecule has 0 N–H and O–H groups in total. The monoisotopic (exact) mass is 290 g/mol. The third-order valence-electron chi connectivity index (χ3n) is 4.53. The van der Waals surface area contributed by atoms with Gasteiger partial charge in [0.2, 0.25) is 5.95 Å². The molecule has 0 spiro atoms. The van der Waals surface area contributed by atoms with Crippen molar-refractivity contribution < 1.29 is 0 Å². The van der Waals surface area contributed by atoms with Gasteiger partial charge in [0.25, 0.3) is 0 Å². The average Bonchev–Trinajstić information content (AvgIpc) is 3.14. The van der Waals surface area contributed by atoms with Gasteiger partial charge in [0.1, 0.15) is 0 Å². The molecule has 2 aliphatic rings. The third-order valence-corrected chi connectivity index (χ3v) is 4.53. The molecule has 22 heavy (non-hydrogen) atoms. The number of rotatable bonds is 1. The molecular formula is C18H18N4. The molecule has 0 unspecified atom stereocenters. The molecule has 3 heterocycles. The Kier molecular flexibility index (Phi) is 3.28. The van der Waals surface area contributed by atoms with Crippen molar-refractivity contribution in [3.8, 4) is 11.8 Å². The van der Waals surface area contributed by atoms with Crippen LogP contribution in [0.15, 0.2) is 42.7 Å². The molecule has 0 amide bonds. The van der Waals surface area contributed by atoms with Crippen LogP contribution in [0.5, 0.6) is 0 Å². The number of likely N-dealkylation sites (N-methyl/N-ethyl adjacent to an activating group) is 1. The minimum Gasteiger partial charge on any atom is -0.335 e. The lowest BCUT2D eigenvalue weighted by molar-refractivity contribution is 0.291. The van der Waals surface area contributed by atoms with Crippen molar-refractivity contribution in [1.29, 1.82) is 0 Å². The number of hydrogen-bond acceptors (Lipinski definition) is 4. The van der Waals surface area contributed by atoms with Crippen LogP contribution in [-0.2, 0) is 0 Å². The maximum absolute atomic E-state index is 4.51. The molecule has 110 valence electrons. The second-order valence-corrected chi connectivity index (χ2v) is 6.02. The molecule has 4 heteroatoms. The summed E-state index contributed by atoms with van der Waals surface area (Å²) in [5.74, 6) is 7.09. The first kappa shape index (κ1) is 13.3. The molecule has 2 aromatic rings. The van der Waals surface area contributed by atoms with Crippen LogP contribution < -0.4 is 4.90 Å². The van der Waals surface area contributed by atoms with Crippen molar-refractivity contribution >= 4 is 5.95 Å². The predicted octanol–water partition coefficient (Wildman–Crippen LogP) is 1.77. The van der Waals surface area contributed by atoms with E-state index in [-0.39, 0.29) is 0 Å². The van der Waals surface area contributed by atoms with E-state index in [1.807, 2.05) is 42.7 Å². The lowest BCUT2D eigenvalue weighted by Crippen LogP contribution is -2.45. The first-order valence-corrected chi connectivity index (χ1v) is 7.65. The van der Waals surface area contributed by atoms with Gasteiger partial charge in [-0.3, -0.25) is 4.90 Å². The SMILES string of the molecule is CN1C[C@@H]2C[C@H]1CN2c1ncc(C#Cc2ccccc2)cn1. The van der Waals surface area contributed by atoms with Crippen LogP contribution in [0.25, 0.3) is 0 Å². The molecule has 0 aliphatic carbocycles. The van der Waals surface area contributed by atoms with Crippen molar-refractivity contribution in [3.05, 3.63) is 53.9 Å². The van der Waals surface area contributed by atoms with Crippen molar-refractivity contribution in [2.45, 2.75) is 18.5 Å². The molecule has 2 saturated heterocycles. The van der Waals surface area contributed by atoms with Crippen LogP contribution in [0.2, 0.25) is 0 Å². The van der Waals surface area contributed by atoms with Crippen LogP contribution >= 0.6 is 0 Å². The highest BCUT2D eigenvalue weighted by molar-refractivity contribution is 5.43. The number of likely N-dealkylation sites (tertiary alicyclic amines) is 1. The van der Waals surface area contributed by atoms with Crippen molar-refractivity contribution in [1.82, 2.24) is 14.9 Å². The smallest absolute Gasteiger partial charge is 0.225 e. The minimum atomic E-state index is 0.566. The molecule has 1 aromatic heterocycles. The van der Waals surface area contributed by atoms with Crippen molar-refractivity contribution in [3.63, 3.8) is 0 Å². The highest BCUT2D eigenvalue weighted by atomic mass is 15.4. The van der Waals surface area contributed by atoms with Crippen LogP contribution in [0.3, 0.4) is 0 Å². The Bertz CT molecular complexity index is 712. The third kappa shape index (κ3) is 2.44. The Hall–Kier alpha value is -2.38. The Morgan fingerprint density at radius 1 is 0.955 bits per heavy atom. The largest absolute Gasteiger partial charge is 0.335 e. The maximum Gasteiger partial charge on any atom is 0.225 e. The summed E-state index contributed by atoms with van der Waals surface area (Å²) in [6, 6.07) is 11.2. The summed E-state index contributed by atoms with van der Waals surface area (Å²) in [5, 5.41) is 0. The summed E-state index contributed by atoms with van der Waals surface area (Å²) in [6.07, 6.45) is 4.89. The lowest BCUT2D eigenvalue weighted by Gasteiger charge is -2.31. The van der Waals surface area contributed by atoms with E-state index < -0.39 is 0 Å². The fourth-order valence-corrected chi connectivity index (χ4v) is 3.31. The van der Waals surface area contributed by atoms with Gasteiger partial charge in [-0.15, -0.1) is 0 Å². The first-order chi connectivity index (χ1) is 10.8. The van der Waals surface area contributed by atoms with Crippen molar-refractivity contribution in [2.24, 2.45) is 0 Å². The number of anilines is 1. The van der Waals surface area contributed by atoms with Gasteiger partial charge in [0.05, 0.1) is 5.56 Å². The summed E-state index contributed by atoms with van der Waals surface area (Å²) in [4.78, 5) is 13.8. The molecule has 2 aliphatic heterocycles. The van der Waals surface area contributed by atoms with E-state index in [1.54, 1.807) is 0 Å². The van der Waals surface area contributed by atoms with Crippen molar-refractivity contribution in [2.75, 3.05) is 25.0 Å². The van der Waals surface area contributed by atoms with Crippen LogP contribution in [-0.4, -0.2) is 47.1 Å². The molecule has 2 bridgehead atoms. The number of fused-ring (bicyclic) bond motifs is 2. The summed E-state index contributed by atoms with van der Waals surface area (Å²) >= 11 is 0. The fourth-order valence-electron chi connectivity index (χ4n) is 3.31. The Balaban J connectivity index is 1.49. The summed E-state index contributed by atoms with van der Waals surface area (Å²) in [5.41, 5.74) is 1.86. The Morgan fingerprint density at radius 2 is 1.68 bits per heavy atom. The highest BCUT2D eigenvalue weighted by Gasteiger charge is 2.42. The van der Waals surface area contributed by atoms with Gasteiger partial charge in [0, 0.05) is 43.1 Å². The average molecular weight is 290 g/mol. The second kappa shape index (κ2) is 5.43. The van der Waals surface area contributed by atoms with Gasteiger partial charge in [-0.05, 0) is 25.6 Å². The Morgan fingerprint density at radius 3 is 2.32 bits per heavy atom. The van der Waals surface area contributed by atoms with E-state index in [0.717, 1.165) is 30.2 Å². The Labute approximate surface area is 130 Å². The standard InChI is InChI=1S/C18H18N4/c1-21-12-17-9-16(21)13-22(17)18-19-10-15(11-20-18)8-7-14-5-3-2-4-6-14/h2-6,10-11,16-17H,9,12-13H2,1H3/t16-,17-/m0/s1. The van der Waals surface area contributed by atoms with E-state index in [1.165, 1.54) is 6.42 Å². The van der Waals surface area contributed by atoms with E-state index in [9.17, 15) is 0 Å². The predicted molar refractivity (Wildman–Crippen MR) is 86.6 cm³/mol. The van der Waals surface area contributed by atoms with Gasteiger partial charge in [0.15, 0.2) is 0 Å². The molecule has 2 fully saturated rings. The normalized spacial score (nSPS) is 23.4. The quantitative estimate of drug-likeness (QED) is 0.749. The van der Waals surface area contributed by atoms with Gasteiger partial charge in [-0.25, -0.2) is 9.97 Å². The topological polar surface area (TPSA) is 32.3 Å². The molecule has 0 saturated carbocycles. The number of piperazine rings is 1. The molecule has 4 rings (SSSR count). The van der Waals surface area contributed by atoms with E-state index >= 15 is 0 Å². The second-order valence-electron chi connectivity index (χ2n) is 6.02. The number of nitrogens with zero attached hydrogens (tertiary/aromatic N) is 4. The molecule has 0 radical (unpaired) electrons. The highest BCUT2D eigenvalue weighted by Crippen LogP contribution is 2.31. The number of benzene rings is 1. The summed E-state index contributed by atoms with van der Waals surface area (Å²) in [7, 11) is 2.20. The fraction of sp³-hybridized carbons (Fsp3) is 0.333. The van der Waals surface area contributed by atoms with E-state index in [4.69, 9.17) is 0 Å². The van der Waals surface area contributed by atoms with Gasteiger partial charge in [-0.2, -0.15) is 0 Å². The molecule has 2 atom stereocenters. The van der Waals surface area contributed by atoms with E-state index in [0.29, 0.717) is 12.1 Å². The zero-order chi connectivity index (χ0) is 14.9. The van der Waals surface area contributed by atoms with Crippen LogP contribution in [0.4, 0.5) is 5.95 Å². The first-order valence-electron chi connectivity index (χ1n) is 7.65.